The number of benzene rings is 1. The van der Waals surface area contributed by atoms with Crippen molar-refractivity contribution in [1.29, 1.82) is 10.5 Å². The second-order valence-corrected chi connectivity index (χ2v) is 6.34. The van der Waals surface area contributed by atoms with E-state index >= 15 is 0 Å². The van der Waals surface area contributed by atoms with Crippen LogP contribution in [0.25, 0.3) is 5.57 Å². The highest BCUT2D eigenvalue weighted by Gasteiger charge is 2.07. The van der Waals surface area contributed by atoms with Gasteiger partial charge in [0.2, 0.25) is 0 Å². The molecule has 1 rings (SSSR count). The molecule has 1 atom stereocenters. The number of nitrogens with zero attached hydrogens (tertiary/aromatic N) is 2. The van der Waals surface area contributed by atoms with Crippen molar-refractivity contribution in [3.63, 3.8) is 0 Å². The van der Waals surface area contributed by atoms with E-state index in [1.807, 2.05) is 63.3 Å². The molecule has 0 radical (unpaired) electrons. The first-order valence-corrected chi connectivity index (χ1v) is 8.92. The Kier molecular flexibility index (Phi) is 8.57. The summed E-state index contributed by atoms with van der Waals surface area (Å²) >= 11 is 0. The SMILES string of the molecule is C=C(Nc1ccc(C)c(C(/C=C(\C)C#N)=C/C)c1)C(/C=C/C(C)C#N)=C/C. The first kappa shape index (κ1) is 21.7. The normalized spacial score (nSPS) is 13.8. The molecule has 0 saturated carbocycles. The summed E-state index contributed by atoms with van der Waals surface area (Å²) in [6.07, 6.45) is 9.63. The van der Waals surface area contributed by atoms with E-state index in [1.165, 1.54) is 0 Å². The predicted molar refractivity (Wildman–Crippen MR) is 115 cm³/mol. The summed E-state index contributed by atoms with van der Waals surface area (Å²) in [4.78, 5) is 0. The van der Waals surface area contributed by atoms with E-state index in [-0.39, 0.29) is 5.92 Å². The van der Waals surface area contributed by atoms with Crippen LogP contribution in [0, 0.1) is 35.5 Å². The van der Waals surface area contributed by atoms with E-state index in [0.29, 0.717) is 5.57 Å². The van der Waals surface area contributed by atoms with E-state index in [9.17, 15) is 0 Å². The lowest BCUT2D eigenvalue weighted by atomic mass is 9.97. The molecule has 0 aliphatic carbocycles. The Balaban J connectivity index is 3.13. The Morgan fingerprint density at radius 2 is 1.93 bits per heavy atom. The van der Waals surface area contributed by atoms with Gasteiger partial charge in [-0.1, -0.05) is 36.9 Å². The second kappa shape index (κ2) is 10.6. The van der Waals surface area contributed by atoms with Crippen molar-refractivity contribution in [3.8, 4) is 12.1 Å². The van der Waals surface area contributed by atoms with Crippen LogP contribution >= 0.6 is 0 Å². The highest BCUT2D eigenvalue weighted by molar-refractivity contribution is 5.79. The Morgan fingerprint density at radius 1 is 1.22 bits per heavy atom. The minimum atomic E-state index is -0.147. The van der Waals surface area contributed by atoms with Gasteiger partial charge in [-0.05, 0) is 75.1 Å². The molecule has 1 aromatic rings. The van der Waals surface area contributed by atoms with E-state index in [1.54, 1.807) is 6.92 Å². The third-order valence-electron chi connectivity index (χ3n) is 4.13. The average molecular weight is 358 g/mol. The largest absolute Gasteiger partial charge is 0.356 e. The first-order chi connectivity index (χ1) is 12.9. The molecule has 0 aliphatic heterocycles. The lowest BCUT2D eigenvalue weighted by Gasteiger charge is -2.14. The zero-order valence-corrected chi connectivity index (χ0v) is 16.8. The fraction of sp³-hybridized carbons (Fsp3) is 0.250. The number of anilines is 1. The third kappa shape index (κ3) is 6.49. The lowest BCUT2D eigenvalue weighted by Crippen LogP contribution is -2.01. The van der Waals surface area contributed by atoms with Crippen molar-refractivity contribution in [1.82, 2.24) is 0 Å². The monoisotopic (exact) mass is 357 g/mol. The van der Waals surface area contributed by atoms with Gasteiger partial charge in [-0.3, -0.25) is 0 Å². The van der Waals surface area contributed by atoms with Crippen molar-refractivity contribution in [3.05, 3.63) is 83.1 Å². The molecule has 0 fully saturated rings. The Bertz CT molecular complexity index is 897. The molecule has 0 bridgehead atoms. The molecule has 0 spiro atoms. The average Bonchev–Trinajstić information content (AvgIpc) is 2.67. The minimum Gasteiger partial charge on any atom is -0.356 e. The maximum atomic E-state index is 9.06. The van der Waals surface area contributed by atoms with Gasteiger partial charge in [-0.15, -0.1) is 0 Å². The highest BCUT2D eigenvalue weighted by atomic mass is 14.9. The Labute approximate surface area is 163 Å². The van der Waals surface area contributed by atoms with Crippen LogP contribution in [-0.4, -0.2) is 0 Å². The molecule has 1 aromatic carbocycles. The summed E-state index contributed by atoms with van der Waals surface area (Å²) in [6.45, 7) is 13.7. The molecule has 0 saturated heterocycles. The third-order valence-corrected chi connectivity index (χ3v) is 4.13. The number of nitriles is 2. The molecule has 0 aliphatic rings. The van der Waals surface area contributed by atoms with Gasteiger partial charge in [0.05, 0.1) is 18.1 Å². The van der Waals surface area contributed by atoms with Gasteiger partial charge in [-0.25, -0.2) is 0 Å². The summed E-state index contributed by atoms with van der Waals surface area (Å²) in [5.74, 6) is -0.147. The van der Waals surface area contributed by atoms with E-state index < -0.39 is 0 Å². The number of rotatable bonds is 7. The van der Waals surface area contributed by atoms with E-state index in [2.05, 4.69) is 37.0 Å². The molecule has 27 heavy (non-hydrogen) atoms. The quantitative estimate of drug-likeness (QED) is 0.450. The van der Waals surface area contributed by atoms with Crippen molar-refractivity contribution >= 4 is 11.3 Å². The topological polar surface area (TPSA) is 59.6 Å². The summed E-state index contributed by atoms with van der Waals surface area (Å²) < 4.78 is 0. The van der Waals surface area contributed by atoms with Gasteiger partial charge in [0, 0.05) is 17.0 Å². The van der Waals surface area contributed by atoms with E-state index in [4.69, 9.17) is 10.5 Å². The zero-order chi connectivity index (χ0) is 20.4. The van der Waals surface area contributed by atoms with Crippen molar-refractivity contribution in [2.24, 2.45) is 5.92 Å². The molecule has 3 nitrogen and oxygen atoms in total. The predicted octanol–water partition coefficient (Wildman–Crippen LogP) is 6.46. The van der Waals surface area contributed by atoms with Gasteiger partial charge in [0.1, 0.15) is 0 Å². The number of allylic oxidation sites excluding steroid dienone is 7. The smallest absolute Gasteiger partial charge is 0.0944 e. The summed E-state index contributed by atoms with van der Waals surface area (Å²) in [5, 5.41) is 21.3. The van der Waals surface area contributed by atoms with Gasteiger partial charge in [-0.2, -0.15) is 10.5 Å². The van der Waals surface area contributed by atoms with Crippen LogP contribution in [0.2, 0.25) is 0 Å². The number of aryl methyl sites for hydroxylation is 1. The van der Waals surface area contributed by atoms with Crippen LogP contribution in [-0.2, 0) is 0 Å². The van der Waals surface area contributed by atoms with Crippen molar-refractivity contribution in [2.45, 2.75) is 34.6 Å². The molecule has 0 amide bonds. The highest BCUT2D eigenvalue weighted by Crippen LogP contribution is 2.26. The van der Waals surface area contributed by atoms with Gasteiger partial charge in [0.25, 0.3) is 0 Å². The van der Waals surface area contributed by atoms with Gasteiger partial charge < -0.3 is 5.32 Å². The standard InChI is InChI=1S/C24H27N3/c1-7-21(11-9-17(3)15-25)20(6)27-23-12-10-19(5)24(14-23)22(8-2)13-18(4)16-26/h7-14,17,27H,6H2,1-5H3/b11-9+,18-13+,21-7+,22-8+. The van der Waals surface area contributed by atoms with Crippen LogP contribution in [0.5, 0.6) is 0 Å². The van der Waals surface area contributed by atoms with E-state index in [0.717, 1.165) is 33.7 Å². The van der Waals surface area contributed by atoms with Crippen LogP contribution < -0.4 is 5.32 Å². The fourth-order valence-corrected chi connectivity index (χ4v) is 2.50. The molecular formula is C24H27N3. The minimum absolute atomic E-state index is 0.147. The first-order valence-electron chi connectivity index (χ1n) is 8.92. The fourth-order valence-electron chi connectivity index (χ4n) is 2.50. The molecule has 1 unspecified atom stereocenters. The lowest BCUT2D eigenvalue weighted by molar-refractivity contribution is 0.955. The van der Waals surface area contributed by atoms with Crippen molar-refractivity contribution < 1.29 is 0 Å². The summed E-state index contributed by atoms with van der Waals surface area (Å²) in [6, 6.07) is 10.5. The van der Waals surface area contributed by atoms with Gasteiger partial charge in [0.15, 0.2) is 0 Å². The second-order valence-electron chi connectivity index (χ2n) is 6.34. The summed E-state index contributed by atoms with van der Waals surface area (Å²) in [5.41, 5.74) is 6.50. The Morgan fingerprint density at radius 3 is 2.48 bits per heavy atom. The maximum absolute atomic E-state index is 9.06. The Hall–Kier alpha value is -3.30. The number of hydrogen-bond acceptors (Lipinski definition) is 3. The number of hydrogen-bond donors (Lipinski definition) is 1. The van der Waals surface area contributed by atoms with Crippen LogP contribution in [0.15, 0.2) is 72.0 Å². The molecule has 0 heterocycles. The molecule has 138 valence electrons. The molecule has 3 heteroatoms. The van der Waals surface area contributed by atoms with Crippen LogP contribution in [0.3, 0.4) is 0 Å². The molecule has 1 N–H and O–H groups in total. The maximum Gasteiger partial charge on any atom is 0.0944 e. The van der Waals surface area contributed by atoms with Gasteiger partial charge >= 0.3 is 0 Å². The van der Waals surface area contributed by atoms with Crippen LogP contribution in [0.4, 0.5) is 5.69 Å². The summed E-state index contributed by atoms with van der Waals surface area (Å²) in [7, 11) is 0. The van der Waals surface area contributed by atoms with Crippen molar-refractivity contribution in [2.75, 3.05) is 5.32 Å². The molecular weight excluding hydrogens is 330 g/mol. The van der Waals surface area contributed by atoms with Crippen LogP contribution in [0.1, 0.15) is 38.8 Å². The molecule has 0 aromatic heterocycles. The number of nitrogens with one attached hydrogen (secondary N) is 1. The zero-order valence-electron chi connectivity index (χ0n) is 16.8.